The Labute approximate surface area is 66.8 Å². The van der Waals surface area contributed by atoms with Crippen LogP contribution in [0.4, 0.5) is 11.4 Å². The highest BCUT2D eigenvalue weighted by Crippen LogP contribution is 2.19. The van der Waals surface area contributed by atoms with Crippen molar-refractivity contribution in [1.29, 1.82) is 0 Å². The van der Waals surface area contributed by atoms with Crippen LogP contribution in [0, 0.1) is 6.92 Å². The lowest BCUT2D eigenvalue weighted by Gasteiger charge is -2.07. The molecule has 0 unspecified atom stereocenters. The second-order valence-electron chi connectivity index (χ2n) is 2.37. The van der Waals surface area contributed by atoms with Crippen LogP contribution in [0.5, 0.6) is 0 Å². The number of rotatable bonds is 2. The van der Waals surface area contributed by atoms with Crippen LogP contribution < -0.4 is 10.6 Å². The van der Waals surface area contributed by atoms with Crippen LogP contribution in [0.25, 0.3) is 0 Å². The van der Waals surface area contributed by atoms with Crippen LogP contribution in [-0.4, -0.2) is 19.1 Å². The van der Waals surface area contributed by atoms with Crippen molar-refractivity contribution in [3.05, 3.63) is 18.0 Å². The van der Waals surface area contributed by atoms with Crippen molar-refractivity contribution in [2.45, 2.75) is 6.92 Å². The molecule has 0 atom stereocenters. The number of aryl methyl sites for hydroxylation is 1. The third-order valence-electron chi connectivity index (χ3n) is 1.58. The van der Waals surface area contributed by atoms with Gasteiger partial charge in [0.05, 0.1) is 17.6 Å². The molecule has 0 saturated carbocycles. The van der Waals surface area contributed by atoms with Crippen molar-refractivity contribution in [2.24, 2.45) is 0 Å². The van der Waals surface area contributed by atoms with Gasteiger partial charge in [-0.2, -0.15) is 0 Å². The molecule has 3 heteroatoms. The summed E-state index contributed by atoms with van der Waals surface area (Å²) in [5, 5.41) is 6.13. The molecule has 11 heavy (non-hydrogen) atoms. The lowest BCUT2D eigenvalue weighted by Crippen LogP contribution is -1.98. The Morgan fingerprint density at radius 1 is 1.18 bits per heavy atom. The maximum absolute atomic E-state index is 4.16. The molecule has 60 valence electrons. The minimum atomic E-state index is 1.02. The molecule has 0 aliphatic heterocycles. The minimum Gasteiger partial charge on any atom is -0.386 e. The van der Waals surface area contributed by atoms with Gasteiger partial charge < -0.3 is 10.6 Å². The highest BCUT2D eigenvalue weighted by atomic mass is 14.9. The van der Waals surface area contributed by atoms with Gasteiger partial charge >= 0.3 is 0 Å². The molecule has 0 aromatic carbocycles. The predicted octanol–water partition coefficient (Wildman–Crippen LogP) is 1.47. The van der Waals surface area contributed by atoms with Crippen molar-refractivity contribution in [2.75, 3.05) is 24.7 Å². The zero-order chi connectivity index (χ0) is 8.27. The number of hydrogen-bond acceptors (Lipinski definition) is 3. The van der Waals surface area contributed by atoms with Gasteiger partial charge in [-0.25, -0.2) is 0 Å². The van der Waals surface area contributed by atoms with Gasteiger partial charge in [-0.1, -0.05) is 0 Å². The Balaban J connectivity index is 3.06. The summed E-state index contributed by atoms with van der Waals surface area (Å²) < 4.78 is 0. The highest BCUT2D eigenvalue weighted by Gasteiger charge is 1.97. The van der Waals surface area contributed by atoms with Gasteiger partial charge in [-0.05, 0) is 13.0 Å². The van der Waals surface area contributed by atoms with Gasteiger partial charge in [-0.3, -0.25) is 4.98 Å². The van der Waals surface area contributed by atoms with E-state index >= 15 is 0 Å². The predicted molar refractivity (Wildman–Crippen MR) is 48.1 cm³/mol. The first-order valence-corrected chi connectivity index (χ1v) is 3.60. The first kappa shape index (κ1) is 7.85. The molecule has 1 aromatic rings. The standard InChI is InChI=1S/C8H13N3/c1-6-4-7(9-2)8(10-3)5-11-6/h4-5,10H,1-3H3,(H,9,11). The van der Waals surface area contributed by atoms with Crippen LogP contribution in [-0.2, 0) is 0 Å². The average Bonchev–Trinajstić information content (AvgIpc) is 2.04. The van der Waals surface area contributed by atoms with Crippen molar-refractivity contribution in [3.8, 4) is 0 Å². The van der Waals surface area contributed by atoms with Gasteiger partial charge in [-0.15, -0.1) is 0 Å². The van der Waals surface area contributed by atoms with Crippen LogP contribution in [0.15, 0.2) is 12.3 Å². The topological polar surface area (TPSA) is 37.0 Å². The second-order valence-corrected chi connectivity index (χ2v) is 2.37. The highest BCUT2D eigenvalue weighted by molar-refractivity contribution is 5.67. The molecule has 3 nitrogen and oxygen atoms in total. The first-order chi connectivity index (χ1) is 5.27. The first-order valence-electron chi connectivity index (χ1n) is 3.60. The molecule has 0 spiro atoms. The summed E-state index contributed by atoms with van der Waals surface area (Å²) in [6.07, 6.45) is 1.82. The lowest BCUT2D eigenvalue weighted by molar-refractivity contribution is 1.19. The van der Waals surface area contributed by atoms with E-state index in [1.54, 1.807) is 0 Å². The van der Waals surface area contributed by atoms with E-state index in [0.717, 1.165) is 17.1 Å². The molecule has 1 aromatic heterocycles. The third kappa shape index (κ3) is 1.61. The van der Waals surface area contributed by atoms with Crippen molar-refractivity contribution in [3.63, 3.8) is 0 Å². The zero-order valence-corrected chi connectivity index (χ0v) is 7.10. The van der Waals surface area contributed by atoms with Crippen molar-refractivity contribution < 1.29 is 0 Å². The molecule has 0 aliphatic carbocycles. The Bertz CT molecular complexity index is 245. The fourth-order valence-electron chi connectivity index (χ4n) is 0.966. The molecule has 1 heterocycles. The maximum atomic E-state index is 4.16. The molecule has 0 aliphatic rings. The molecule has 0 fully saturated rings. The zero-order valence-electron chi connectivity index (χ0n) is 7.10. The third-order valence-corrected chi connectivity index (χ3v) is 1.58. The van der Waals surface area contributed by atoms with Crippen LogP contribution in [0.3, 0.4) is 0 Å². The molecule has 2 N–H and O–H groups in total. The summed E-state index contributed by atoms with van der Waals surface area (Å²) in [7, 11) is 3.78. The Kier molecular flexibility index (Phi) is 2.31. The fraction of sp³-hybridized carbons (Fsp3) is 0.375. The van der Waals surface area contributed by atoms with Crippen LogP contribution >= 0.6 is 0 Å². The Morgan fingerprint density at radius 2 is 1.82 bits per heavy atom. The smallest absolute Gasteiger partial charge is 0.0759 e. The number of nitrogens with one attached hydrogen (secondary N) is 2. The summed E-state index contributed by atoms with van der Waals surface area (Å²) in [6, 6.07) is 2.01. The van der Waals surface area contributed by atoms with Crippen molar-refractivity contribution >= 4 is 11.4 Å². The quantitative estimate of drug-likeness (QED) is 0.672. The van der Waals surface area contributed by atoms with Gasteiger partial charge in [0.1, 0.15) is 0 Å². The number of hydrogen-bond donors (Lipinski definition) is 2. The molecule has 0 radical (unpaired) electrons. The van der Waals surface area contributed by atoms with E-state index in [4.69, 9.17) is 0 Å². The van der Waals surface area contributed by atoms with Gasteiger partial charge in [0.2, 0.25) is 0 Å². The van der Waals surface area contributed by atoms with E-state index in [1.807, 2.05) is 33.3 Å². The van der Waals surface area contributed by atoms with E-state index in [0.29, 0.717) is 0 Å². The number of nitrogens with zero attached hydrogens (tertiary/aromatic N) is 1. The molecule has 0 saturated heterocycles. The summed E-state index contributed by atoms with van der Waals surface area (Å²) in [5.74, 6) is 0. The largest absolute Gasteiger partial charge is 0.386 e. The molecule has 1 rings (SSSR count). The van der Waals surface area contributed by atoms with Crippen molar-refractivity contribution in [1.82, 2.24) is 4.98 Å². The average molecular weight is 151 g/mol. The van der Waals surface area contributed by atoms with Crippen LogP contribution in [0.1, 0.15) is 5.69 Å². The Morgan fingerprint density at radius 3 is 2.36 bits per heavy atom. The van der Waals surface area contributed by atoms with Gasteiger partial charge in [0, 0.05) is 19.8 Å². The monoisotopic (exact) mass is 151 g/mol. The van der Waals surface area contributed by atoms with E-state index in [9.17, 15) is 0 Å². The van der Waals surface area contributed by atoms with E-state index in [1.165, 1.54) is 0 Å². The van der Waals surface area contributed by atoms with Crippen LogP contribution in [0.2, 0.25) is 0 Å². The van der Waals surface area contributed by atoms with Gasteiger partial charge in [0.25, 0.3) is 0 Å². The Hall–Kier alpha value is -1.25. The number of anilines is 2. The lowest BCUT2D eigenvalue weighted by atomic mass is 10.3. The van der Waals surface area contributed by atoms with E-state index in [2.05, 4.69) is 15.6 Å². The van der Waals surface area contributed by atoms with Gasteiger partial charge in [0.15, 0.2) is 0 Å². The molecule has 0 bridgehead atoms. The maximum Gasteiger partial charge on any atom is 0.0759 e. The summed E-state index contributed by atoms with van der Waals surface area (Å²) >= 11 is 0. The SMILES string of the molecule is CNc1cnc(C)cc1NC. The fourth-order valence-corrected chi connectivity index (χ4v) is 0.966. The normalized spacial score (nSPS) is 9.36. The number of pyridine rings is 1. The summed E-state index contributed by atoms with van der Waals surface area (Å²) in [4.78, 5) is 4.16. The van der Waals surface area contributed by atoms with E-state index in [-0.39, 0.29) is 0 Å². The summed E-state index contributed by atoms with van der Waals surface area (Å²) in [6.45, 7) is 1.97. The minimum absolute atomic E-state index is 1.02. The molecule has 0 amide bonds. The molecular formula is C8H13N3. The second kappa shape index (κ2) is 3.23. The molecular weight excluding hydrogens is 138 g/mol. The summed E-state index contributed by atoms with van der Waals surface area (Å²) in [5.41, 5.74) is 3.13. The number of aromatic nitrogens is 1. The van der Waals surface area contributed by atoms with E-state index < -0.39 is 0 Å².